The summed E-state index contributed by atoms with van der Waals surface area (Å²) in [7, 11) is 0. The van der Waals surface area contributed by atoms with E-state index in [0.717, 1.165) is 56.6 Å². The molecule has 2 N–H and O–H groups in total. The monoisotopic (exact) mass is 319 g/mol. The van der Waals surface area contributed by atoms with Crippen molar-refractivity contribution < 1.29 is 9.53 Å². The van der Waals surface area contributed by atoms with Crippen molar-refractivity contribution in [3.63, 3.8) is 0 Å². The number of aryl methyl sites for hydroxylation is 1. The molecule has 1 aromatic rings. The maximum atomic E-state index is 11.8. The van der Waals surface area contributed by atoms with Crippen LogP contribution in [-0.2, 0) is 9.53 Å². The van der Waals surface area contributed by atoms with Crippen LogP contribution in [0, 0.1) is 12.8 Å². The Morgan fingerprint density at radius 3 is 2.78 bits per heavy atom. The summed E-state index contributed by atoms with van der Waals surface area (Å²) >= 11 is 0. The van der Waals surface area contributed by atoms with Crippen LogP contribution >= 0.6 is 0 Å². The molecule has 7 heteroatoms. The summed E-state index contributed by atoms with van der Waals surface area (Å²) in [6, 6.07) is 1.96. The highest BCUT2D eigenvalue weighted by Gasteiger charge is 2.24. The predicted octanol–water partition coefficient (Wildman–Crippen LogP) is 0.950. The van der Waals surface area contributed by atoms with Gasteiger partial charge in [-0.05, 0) is 19.8 Å². The molecule has 1 aliphatic carbocycles. The number of morpholine rings is 1. The molecule has 0 radical (unpaired) electrons. The number of aromatic nitrogens is 2. The van der Waals surface area contributed by atoms with Gasteiger partial charge in [0.1, 0.15) is 17.5 Å². The van der Waals surface area contributed by atoms with Crippen molar-refractivity contribution >= 4 is 17.5 Å². The second-order valence-electron chi connectivity index (χ2n) is 6.10. The highest BCUT2D eigenvalue weighted by Crippen LogP contribution is 2.26. The van der Waals surface area contributed by atoms with Crippen molar-refractivity contribution in [2.45, 2.75) is 26.2 Å². The van der Waals surface area contributed by atoms with Crippen molar-refractivity contribution in [2.75, 3.05) is 49.6 Å². The molecule has 1 saturated heterocycles. The fourth-order valence-corrected chi connectivity index (χ4v) is 2.79. The smallest absolute Gasteiger partial charge is 0.223 e. The highest BCUT2D eigenvalue weighted by atomic mass is 16.5. The van der Waals surface area contributed by atoms with E-state index in [4.69, 9.17) is 4.74 Å². The summed E-state index contributed by atoms with van der Waals surface area (Å²) in [4.78, 5) is 22.9. The topological polar surface area (TPSA) is 79.4 Å². The maximum absolute atomic E-state index is 11.8. The number of anilines is 2. The Bertz CT molecular complexity index is 541. The van der Waals surface area contributed by atoms with E-state index in [-0.39, 0.29) is 11.8 Å². The average molecular weight is 319 g/mol. The Hall–Kier alpha value is -1.89. The van der Waals surface area contributed by atoms with Crippen LogP contribution in [-0.4, -0.2) is 55.3 Å². The number of carbonyl (C=O) groups is 1. The van der Waals surface area contributed by atoms with Crippen LogP contribution in [0.15, 0.2) is 6.07 Å². The van der Waals surface area contributed by atoms with Crippen molar-refractivity contribution in [3.05, 3.63) is 11.9 Å². The van der Waals surface area contributed by atoms with Crippen LogP contribution in [0.2, 0.25) is 0 Å². The van der Waals surface area contributed by atoms with Crippen LogP contribution in [0.25, 0.3) is 0 Å². The standard InChI is InChI=1S/C16H25N5O2/c1-12-19-14(11-15(20-12)21-7-9-23-10-8-21)17-5-6-18-16(22)13-3-2-4-13/h11,13H,2-10H2,1H3,(H,18,22)(H,17,19,20). The molecule has 3 rings (SSSR count). The van der Waals surface area contributed by atoms with Gasteiger partial charge in [-0.2, -0.15) is 0 Å². The molecule has 2 heterocycles. The number of hydrogen-bond acceptors (Lipinski definition) is 6. The third-order valence-corrected chi connectivity index (χ3v) is 4.37. The van der Waals surface area contributed by atoms with E-state index < -0.39 is 0 Å². The summed E-state index contributed by atoms with van der Waals surface area (Å²) in [5.41, 5.74) is 0. The van der Waals surface area contributed by atoms with E-state index in [1.54, 1.807) is 0 Å². The van der Waals surface area contributed by atoms with Crippen LogP contribution < -0.4 is 15.5 Å². The molecule has 126 valence electrons. The number of nitrogens with one attached hydrogen (secondary N) is 2. The first-order chi connectivity index (χ1) is 11.2. The molecule has 0 aromatic carbocycles. The first-order valence-corrected chi connectivity index (χ1v) is 8.42. The van der Waals surface area contributed by atoms with Gasteiger partial charge in [0, 0.05) is 38.2 Å². The first-order valence-electron chi connectivity index (χ1n) is 8.42. The molecule has 2 fully saturated rings. The van der Waals surface area contributed by atoms with Gasteiger partial charge in [-0.1, -0.05) is 6.42 Å². The van der Waals surface area contributed by atoms with Gasteiger partial charge in [-0.15, -0.1) is 0 Å². The second kappa shape index (κ2) is 7.59. The lowest BCUT2D eigenvalue weighted by atomic mass is 9.85. The second-order valence-corrected chi connectivity index (χ2v) is 6.10. The minimum atomic E-state index is 0.186. The third-order valence-electron chi connectivity index (χ3n) is 4.37. The van der Waals surface area contributed by atoms with Crippen LogP contribution in [0.4, 0.5) is 11.6 Å². The quantitative estimate of drug-likeness (QED) is 0.760. The van der Waals surface area contributed by atoms with E-state index >= 15 is 0 Å². The summed E-state index contributed by atoms with van der Waals surface area (Å²) in [6.45, 7) is 6.36. The molecule has 0 atom stereocenters. The molecule has 0 spiro atoms. The number of carbonyl (C=O) groups excluding carboxylic acids is 1. The molecular weight excluding hydrogens is 294 g/mol. The Balaban J connectivity index is 1.48. The molecule has 0 bridgehead atoms. The largest absolute Gasteiger partial charge is 0.378 e. The molecule has 7 nitrogen and oxygen atoms in total. The molecule has 23 heavy (non-hydrogen) atoms. The molecule has 1 aromatic heterocycles. The summed E-state index contributed by atoms with van der Waals surface area (Å²) in [5.74, 6) is 2.91. The molecule has 1 aliphatic heterocycles. The average Bonchev–Trinajstić information content (AvgIpc) is 2.50. The highest BCUT2D eigenvalue weighted by molar-refractivity contribution is 5.79. The number of ether oxygens (including phenoxy) is 1. The van der Waals surface area contributed by atoms with Gasteiger partial charge < -0.3 is 20.3 Å². The van der Waals surface area contributed by atoms with Gasteiger partial charge in [0.05, 0.1) is 13.2 Å². The van der Waals surface area contributed by atoms with E-state index in [9.17, 15) is 4.79 Å². The van der Waals surface area contributed by atoms with Gasteiger partial charge in [0.15, 0.2) is 0 Å². The predicted molar refractivity (Wildman–Crippen MR) is 88.6 cm³/mol. The molecular formula is C16H25N5O2. The van der Waals surface area contributed by atoms with Crippen molar-refractivity contribution in [1.29, 1.82) is 0 Å². The fourth-order valence-electron chi connectivity index (χ4n) is 2.79. The van der Waals surface area contributed by atoms with Crippen molar-refractivity contribution in [2.24, 2.45) is 5.92 Å². The third kappa shape index (κ3) is 4.31. The number of rotatable bonds is 6. The van der Waals surface area contributed by atoms with Gasteiger partial charge in [0.25, 0.3) is 0 Å². The van der Waals surface area contributed by atoms with Gasteiger partial charge in [0.2, 0.25) is 5.91 Å². The maximum Gasteiger partial charge on any atom is 0.223 e. The minimum absolute atomic E-state index is 0.186. The lowest BCUT2D eigenvalue weighted by molar-refractivity contribution is -0.127. The van der Waals surface area contributed by atoms with Crippen molar-refractivity contribution in [1.82, 2.24) is 15.3 Å². The van der Waals surface area contributed by atoms with E-state index in [1.807, 2.05) is 13.0 Å². The summed E-state index contributed by atoms with van der Waals surface area (Å²) in [5, 5.41) is 6.25. The number of amides is 1. The van der Waals surface area contributed by atoms with Gasteiger partial charge in [-0.3, -0.25) is 4.79 Å². The normalized spacial score (nSPS) is 18.4. The number of hydrogen-bond donors (Lipinski definition) is 2. The van der Waals surface area contributed by atoms with Crippen molar-refractivity contribution in [3.8, 4) is 0 Å². The lowest BCUT2D eigenvalue weighted by Crippen LogP contribution is -2.37. The molecule has 1 amide bonds. The fraction of sp³-hybridized carbons (Fsp3) is 0.688. The Labute approximate surface area is 136 Å². The number of nitrogens with zero attached hydrogens (tertiary/aromatic N) is 3. The Kier molecular flexibility index (Phi) is 5.27. The molecule has 0 unspecified atom stereocenters. The summed E-state index contributed by atoms with van der Waals surface area (Å²) in [6.07, 6.45) is 3.25. The first kappa shape index (κ1) is 16.0. The van der Waals surface area contributed by atoms with E-state index in [1.165, 1.54) is 6.42 Å². The Morgan fingerprint density at radius 1 is 1.30 bits per heavy atom. The Morgan fingerprint density at radius 2 is 2.09 bits per heavy atom. The van der Waals surface area contributed by atoms with Crippen LogP contribution in [0.5, 0.6) is 0 Å². The zero-order valence-electron chi connectivity index (χ0n) is 13.7. The SMILES string of the molecule is Cc1nc(NCCNC(=O)C2CCC2)cc(N2CCOCC2)n1. The van der Waals surface area contributed by atoms with E-state index in [2.05, 4.69) is 25.5 Å². The molecule has 2 aliphatic rings. The van der Waals surface area contributed by atoms with Gasteiger partial charge >= 0.3 is 0 Å². The summed E-state index contributed by atoms with van der Waals surface area (Å²) < 4.78 is 5.38. The lowest BCUT2D eigenvalue weighted by Gasteiger charge is -2.28. The zero-order chi connectivity index (χ0) is 16.1. The van der Waals surface area contributed by atoms with Gasteiger partial charge in [-0.25, -0.2) is 9.97 Å². The molecule has 1 saturated carbocycles. The minimum Gasteiger partial charge on any atom is -0.378 e. The zero-order valence-corrected chi connectivity index (χ0v) is 13.7. The van der Waals surface area contributed by atoms with Crippen LogP contribution in [0.1, 0.15) is 25.1 Å². The van der Waals surface area contributed by atoms with E-state index in [0.29, 0.717) is 13.1 Å². The van der Waals surface area contributed by atoms with Crippen LogP contribution in [0.3, 0.4) is 0 Å².